The maximum Gasteiger partial charge on any atom is 0.186 e. The lowest BCUT2D eigenvalue weighted by Gasteiger charge is -2.34. The van der Waals surface area contributed by atoms with Crippen LogP contribution in [0.25, 0.3) is 0 Å². The minimum atomic E-state index is -0.599. The van der Waals surface area contributed by atoms with Crippen LogP contribution in [0.4, 0.5) is 0 Å². The van der Waals surface area contributed by atoms with Crippen LogP contribution in [0.3, 0.4) is 0 Å². The van der Waals surface area contributed by atoms with Gasteiger partial charge in [0.25, 0.3) is 0 Å². The standard InChI is InChI=1S/C12H16O4/c1-11(2)15-10-9-7(8(13)6-14-9)4-5-12(10,3)16-11/h4,9-10H,5-6H2,1-3H3/t9-,10-,12+/m0/s1. The SMILES string of the molecule is CC1(C)O[C@H]2[C@H]3OCC(=O)C3=CC[C@@]2(C)O1. The molecule has 1 aliphatic carbocycles. The summed E-state index contributed by atoms with van der Waals surface area (Å²) in [4.78, 5) is 11.6. The van der Waals surface area contributed by atoms with Gasteiger partial charge in [-0.05, 0) is 27.2 Å². The van der Waals surface area contributed by atoms with E-state index in [1.807, 2.05) is 26.8 Å². The maximum atomic E-state index is 11.6. The Kier molecular flexibility index (Phi) is 1.92. The van der Waals surface area contributed by atoms with Gasteiger partial charge in [-0.2, -0.15) is 0 Å². The van der Waals surface area contributed by atoms with Gasteiger partial charge in [-0.15, -0.1) is 0 Å². The molecular weight excluding hydrogens is 208 g/mol. The summed E-state index contributed by atoms with van der Waals surface area (Å²) in [6.07, 6.45) is 2.24. The highest BCUT2D eigenvalue weighted by Gasteiger charge is 2.57. The molecule has 0 amide bonds. The van der Waals surface area contributed by atoms with Crippen molar-refractivity contribution in [2.75, 3.05) is 6.61 Å². The van der Waals surface area contributed by atoms with Gasteiger partial charge in [-0.1, -0.05) is 6.08 Å². The van der Waals surface area contributed by atoms with Gasteiger partial charge in [-0.25, -0.2) is 0 Å². The number of carbonyl (C=O) groups excluding carboxylic acids is 1. The molecule has 4 nitrogen and oxygen atoms in total. The maximum absolute atomic E-state index is 11.6. The van der Waals surface area contributed by atoms with E-state index in [9.17, 15) is 4.79 Å². The number of Topliss-reactive ketones (excluding diaryl/α,β-unsaturated/α-hetero) is 1. The first-order valence-corrected chi connectivity index (χ1v) is 5.64. The molecule has 0 radical (unpaired) electrons. The topological polar surface area (TPSA) is 44.8 Å². The molecule has 16 heavy (non-hydrogen) atoms. The monoisotopic (exact) mass is 224 g/mol. The second-order valence-electron chi connectivity index (χ2n) is 5.37. The van der Waals surface area contributed by atoms with E-state index in [0.717, 1.165) is 5.57 Å². The first-order valence-electron chi connectivity index (χ1n) is 5.64. The van der Waals surface area contributed by atoms with Crippen molar-refractivity contribution in [2.24, 2.45) is 0 Å². The summed E-state index contributed by atoms with van der Waals surface area (Å²) < 4.78 is 17.3. The zero-order valence-corrected chi connectivity index (χ0v) is 9.78. The quantitative estimate of drug-likeness (QED) is 0.620. The van der Waals surface area contributed by atoms with E-state index in [1.54, 1.807) is 0 Å². The largest absolute Gasteiger partial charge is 0.362 e. The lowest BCUT2D eigenvalue weighted by Crippen LogP contribution is -2.47. The molecule has 88 valence electrons. The fourth-order valence-electron chi connectivity index (χ4n) is 2.90. The smallest absolute Gasteiger partial charge is 0.186 e. The molecule has 0 aromatic rings. The number of rotatable bonds is 0. The van der Waals surface area contributed by atoms with Crippen molar-refractivity contribution in [1.82, 2.24) is 0 Å². The van der Waals surface area contributed by atoms with Crippen LogP contribution in [0.2, 0.25) is 0 Å². The van der Waals surface area contributed by atoms with Gasteiger partial charge in [-0.3, -0.25) is 4.79 Å². The predicted molar refractivity (Wildman–Crippen MR) is 55.9 cm³/mol. The molecular formula is C12H16O4. The van der Waals surface area contributed by atoms with Crippen LogP contribution < -0.4 is 0 Å². The van der Waals surface area contributed by atoms with Gasteiger partial charge in [0.15, 0.2) is 11.6 Å². The summed E-state index contributed by atoms with van der Waals surface area (Å²) in [5.74, 6) is -0.516. The lowest BCUT2D eigenvalue weighted by atomic mass is 9.82. The third-order valence-corrected chi connectivity index (χ3v) is 3.52. The number of carbonyl (C=O) groups is 1. The fourth-order valence-corrected chi connectivity index (χ4v) is 2.90. The molecule has 0 N–H and O–H groups in total. The highest BCUT2D eigenvalue weighted by atomic mass is 16.8. The van der Waals surface area contributed by atoms with Crippen LogP contribution in [0.15, 0.2) is 11.6 Å². The fraction of sp³-hybridized carbons (Fsp3) is 0.750. The van der Waals surface area contributed by atoms with E-state index in [4.69, 9.17) is 14.2 Å². The molecule has 0 bridgehead atoms. The molecule has 0 saturated carbocycles. The van der Waals surface area contributed by atoms with Crippen molar-refractivity contribution >= 4 is 5.78 Å². The molecule has 0 unspecified atom stereocenters. The highest BCUT2D eigenvalue weighted by molar-refractivity contribution is 5.99. The van der Waals surface area contributed by atoms with E-state index >= 15 is 0 Å². The average Bonchev–Trinajstić information content (AvgIpc) is 2.62. The van der Waals surface area contributed by atoms with Gasteiger partial charge in [0.05, 0.1) is 0 Å². The molecule has 0 aromatic heterocycles. The number of hydrogen-bond acceptors (Lipinski definition) is 4. The van der Waals surface area contributed by atoms with Crippen LogP contribution in [-0.4, -0.2) is 36.0 Å². The summed E-state index contributed by atoms with van der Waals surface area (Å²) in [6.45, 7) is 5.98. The third-order valence-electron chi connectivity index (χ3n) is 3.52. The van der Waals surface area contributed by atoms with Gasteiger partial charge < -0.3 is 14.2 Å². The Labute approximate surface area is 94.5 Å². The number of hydrogen-bond donors (Lipinski definition) is 0. The van der Waals surface area contributed by atoms with Crippen LogP contribution in [0.1, 0.15) is 27.2 Å². The molecule has 2 aliphatic heterocycles. The van der Waals surface area contributed by atoms with E-state index in [0.29, 0.717) is 6.42 Å². The Morgan fingerprint density at radius 1 is 1.38 bits per heavy atom. The van der Waals surface area contributed by atoms with Crippen LogP contribution >= 0.6 is 0 Å². The summed E-state index contributed by atoms with van der Waals surface area (Å²) in [6, 6.07) is 0. The van der Waals surface area contributed by atoms with E-state index in [1.165, 1.54) is 0 Å². The van der Waals surface area contributed by atoms with E-state index in [-0.39, 0.29) is 30.2 Å². The Balaban J connectivity index is 1.98. The third kappa shape index (κ3) is 1.30. The molecule has 3 atom stereocenters. The van der Waals surface area contributed by atoms with Crippen molar-refractivity contribution in [3.8, 4) is 0 Å². The minimum absolute atomic E-state index is 0.0837. The Bertz CT molecular complexity index is 384. The molecule has 2 fully saturated rings. The zero-order chi connectivity index (χ0) is 11.6. The lowest BCUT2D eigenvalue weighted by molar-refractivity contribution is -0.162. The van der Waals surface area contributed by atoms with Crippen molar-refractivity contribution < 1.29 is 19.0 Å². The molecule has 3 aliphatic rings. The number of ketones is 1. The van der Waals surface area contributed by atoms with Crippen LogP contribution in [0.5, 0.6) is 0 Å². The second-order valence-corrected chi connectivity index (χ2v) is 5.37. The summed E-state index contributed by atoms with van der Waals surface area (Å²) in [5, 5.41) is 0. The van der Waals surface area contributed by atoms with Gasteiger partial charge in [0.2, 0.25) is 0 Å². The van der Waals surface area contributed by atoms with Crippen molar-refractivity contribution in [3.05, 3.63) is 11.6 Å². The normalized spacial score (nSPS) is 45.2. The van der Waals surface area contributed by atoms with Gasteiger partial charge in [0.1, 0.15) is 24.4 Å². The number of fused-ring (bicyclic) bond motifs is 3. The number of ether oxygens (including phenoxy) is 3. The van der Waals surface area contributed by atoms with Crippen molar-refractivity contribution in [2.45, 2.75) is 50.8 Å². The summed E-state index contributed by atoms with van der Waals surface area (Å²) in [7, 11) is 0. The molecule has 4 heteroatoms. The van der Waals surface area contributed by atoms with Gasteiger partial charge in [0, 0.05) is 5.57 Å². The molecule has 0 aromatic carbocycles. The Morgan fingerprint density at radius 2 is 2.12 bits per heavy atom. The zero-order valence-electron chi connectivity index (χ0n) is 9.78. The van der Waals surface area contributed by atoms with Crippen LogP contribution in [0, 0.1) is 0 Å². The van der Waals surface area contributed by atoms with E-state index in [2.05, 4.69) is 0 Å². The van der Waals surface area contributed by atoms with E-state index < -0.39 is 5.79 Å². The molecule has 3 rings (SSSR count). The summed E-state index contributed by atoms with van der Waals surface area (Å²) in [5.41, 5.74) is 0.395. The van der Waals surface area contributed by atoms with Gasteiger partial charge >= 0.3 is 0 Å². The Morgan fingerprint density at radius 3 is 2.88 bits per heavy atom. The molecule has 2 heterocycles. The molecule has 0 spiro atoms. The van der Waals surface area contributed by atoms with Crippen LogP contribution in [-0.2, 0) is 19.0 Å². The minimum Gasteiger partial charge on any atom is -0.362 e. The molecule has 2 saturated heterocycles. The highest BCUT2D eigenvalue weighted by Crippen LogP contribution is 2.46. The second kappa shape index (κ2) is 2.94. The van der Waals surface area contributed by atoms with Crippen molar-refractivity contribution in [1.29, 1.82) is 0 Å². The first kappa shape index (κ1) is 10.4. The average molecular weight is 224 g/mol. The summed E-state index contributed by atoms with van der Waals surface area (Å²) >= 11 is 0. The predicted octanol–water partition coefficient (Wildman–Crippen LogP) is 1.19. The Hall–Kier alpha value is -0.710. The van der Waals surface area contributed by atoms with Crippen molar-refractivity contribution in [3.63, 3.8) is 0 Å². The first-order chi connectivity index (χ1) is 7.41.